The molecule has 6 heteroatoms. The Morgan fingerprint density at radius 2 is 2.10 bits per heavy atom. The smallest absolute Gasteiger partial charge is 0.256 e. The third-order valence-electron chi connectivity index (χ3n) is 2.63. The van der Waals surface area contributed by atoms with Crippen LogP contribution in [0.5, 0.6) is 5.75 Å². The van der Waals surface area contributed by atoms with Gasteiger partial charge >= 0.3 is 0 Å². The Kier molecular flexibility index (Phi) is 4.39. The first-order chi connectivity index (χ1) is 9.68. The molecule has 0 bridgehead atoms. The third-order valence-corrected chi connectivity index (χ3v) is 2.63. The molecular weight excluding hydrogens is 258 g/mol. The molecule has 20 heavy (non-hydrogen) atoms. The number of nitrogens with two attached hydrogens (primary N) is 1. The SMILES string of the molecule is Nc1ccccc1OCCNC(=O)c1c[nH]ccc1=O. The molecule has 0 spiro atoms. The Labute approximate surface area is 115 Å². The minimum Gasteiger partial charge on any atom is -0.490 e. The molecule has 0 aliphatic heterocycles. The number of anilines is 1. The first kappa shape index (κ1) is 13.7. The number of aromatic nitrogens is 1. The predicted octanol–water partition coefficient (Wildman–Crippen LogP) is 0.766. The van der Waals surface area contributed by atoms with E-state index in [1.54, 1.807) is 12.1 Å². The van der Waals surface area contributed by atoms with Gasteiger partial charge in [-0.25, -0.2) is 0 Å². The summed E-state index contributed by atoms with van der Waals surface area (Å²) in [5.41, 5.74) is 6.01. The highest BCUT2D eigenvalue weighted by atomic mass is 16.5. The van der Waals surface area contributed by atoms with Gasteiger partial charge in [0.15, 0.2) is 5.43 Å². The number of amides is 1. The summed E-state index contributed by atoms with van der Waals surface area (Å²) in [5.74, 6) is 0.135. The van der Waals surface area contributed by atoms with Gasteiger partial charge in [0.05, 0.1) is 12.2 Å². The Morgan fingerprint density at radius 3 is 2.85 bits per heavy atom. The zero-order valence-electron chi connectivity index (χ0n) is 10.8. The lowest BCUT2D eigenvalue weighted by Crippen LogP contribution is -2.31. The molecule has 0 saturated heterocycles. The molecule has 0 aliphatic rings. The number of ether oxygens (including phenoxy) is 1. The first-order valence-electron chi connectivity index (χ1n) is 6.11. The molecule has 0 saturated carbocycles. The van der Waals surface area contributed by atoms with E-state index in [0.29, 0.717) is 11.4 Å². The predicted molar refractivity (Wildman–Crippen MR) is 75.7 cm³/mol. The molecule has 1 aromatic carbocycles. The molecule has 1 heterocycles. The van der Waals surface area contributed by atoms with E-state index in [0.717, 1.165) is 0 Å². The number of benzene rings is 1. The normalized spacial score (nSPS) is 10.0. The molecule has 0 aliphatic carbocycles. The summed E-state index contributed by atoms with van der Waals surface area (Å²) in [6.45, 7) is 0.548. The lowest BCUT2D eigenvalue weighted by Gasteiger charge is -2.09. The van der Waals surface area contributed by atoms with Crippen LogP contribution in [0.15, 0.2) is 47.5 Å². The number of H-pyrrole nitrogens is 1. The van der Waals surface area contributed by atoms with Crippen LogP contribution in [0.1, 0.15) is 10.4 Å². The fraction of sp³-hybridized carbons (Fsp3) is 0.143. The molecule has 0 unspecified atom stereocenters. The Balaban J connectivity index is 1.82. The summed E-state index contributed by atoms with van der Waals surface area (Å²) in [6.07, 6.45) is 2.84. The van der Waals surface area contributed by atoms with Crippen molar-refractivity contribution in [2.75, 3.05) is 18.9 Å². The molecule has 2 rings (SSSR count). The third kappa shape index (κ3) is 3.38. The fourth-order valence-corrected chi connectivity index (χ4v) is 1.63. The minimum absolute atomic E-state index is 0.0757. The van der Waals surface area contributed by atoms with Crippen molar-refractivity contribution < 1.29 is 9.53 Å². The van der Waals surface area contributed by atoms with Crippen LogP contribution in [0, 0.1) is 0 Å². The number of carbonyl (C=O) groups excluding carboxylic acids is 1. The van der Waals surface area contributed by atoms with Gasteiger partial charge in [0, 0.05) is 18.5 Å². The van der Waals surface area contributed by atoms with Crippen LogP contribution in [0.4, 0.5) is 5.69 Å². The van der Waals surface area contributed by atoms with Crippen LogP contribution in [0.25, 0.3) is 0 Å². The lowest BCUT2D eigenvalue weighted by atomic mass is 10.2. The average Bonchev–Trinajstić information content (AvgIpc) is 2.45. The van der Waals surface area contributed by atoms with Crippen molar-refractivity contribution in [3.05, 3.63) is 58.5 Å². The highest BCUT2D eigenvalue weighted by Crippen LogP contribution is 2.19. The van der Waals surface area contributed by atoms with Crippen LogP contribution in [0.3, 0.4) is 0 Å². The van der Waals surface area contributed by atoms with Crippen molar-refractivity contribution in [1.29, 1.82) is 0 Å². The number of aromatic amines is 1. The number of carbonyl (C=O) groups is 1. The number of pyridine rings is 1. The first-order valence-corrected chi connectivity index (χ1v) is 6.11. The van der Waals surface area contributed by atoms with Gasteiger partial charge in [0.1, 0.15) is 17.9 Å². The van der Waals surface area contributed by atoms with Gasteiger partial charge in [-0.3, -0.25) is 9.59 Å². The van der Waals surface area contributed by atoms with Gasteiger partial charge in [0.2, 0.25) is 0 Å². The molecule has 4 N–H and O–H groups in total. The minimum atomic E-state index is -0.434. The summed E-state index contributed by atoms with van der Waals surface area (Å²) >= 11 is 0. The maximum atomic E-state index is 11.7. The molecule has 0 radical (unpaired) electrons. The van der Waals surface area contributed by atoms with E-state index >= 15 is 0 Å². The van der Waals surface area contributed by atoms with Gasteiger partial charge in [0.25, 0.3) is 5.91 Å². The highest BCUT2D eigenvalue weighted by molar-refractivity contribution is 5.93. The summed E-state index contributed by atoms with van der Waals surface area (Å²) in [5, 5.41) is 2.60. The molecule has 6 nitrogen and oxygen atoms in total. The van der Waals surface area contributed by atoms with Crippen LogP contribution in [0.2, 0.25) is 0 Å². The second kappa shape index (κ2) is 6.42. The van der Waals surface area contributed by atoms with Crippen molar-refractivity contribution in [2.24, 2.45) is 0 Å². The Bertz CT molecular complexity index is 652. The molecule has 1 aromatic heterocycles. The van der Waals surface area contributed by atoms with Crippen molar-refractivity contribution in [3.8, 4) is 5.75 Å². The number of hydrogen-bond donors (Lipinski definition) is 3. The highest BCUT2D eigenvalue weighted by Gasteiger charge is 2.08. The summed E-state index contributed by atoms with van der Waals surface area (Å²) in [4.78, 5) is 25.9. The maximum absolute atomic E-state index is 11.7. The van der Waals surface area contributed by atoms with Crippen LogP contribution in [-0.2, 0) is 0 Å². The second-order valence-corrected chi connectivity index (χ2v) is 4.06. The average molecular weight is 273 g/mol. The second-order valence-electron chi connectivity index (χ2n) is 4.06. The zero-order chi connectivity index (χ0) is 14.4. The number of rotatable bonds is 5. The fourth-order valence-electron chi connectivity index (χ4n) is 1.63. The number of para-hydroxylation sites is 2. The number of hydrogen-bond acceptors (Lipinski definition) is 4. The molecular formula is C14H15N3O3. The van der Waals surface area contributed by atoms with Crippen molar-refractivity contribution in [3.63, 3.8) is 0 Å². The Hall–Kier alpha value is -2.76. The van der Waals surface area contributed by atoms with E-state index in [-0.39, 0.29) is 24.1 Å². The van der Waals surface area contributed by atoms with Gasteiger partial charge in [-0.15, -0.1) is 0 Å². The molecule has 0 fully saturated rings. The van der Waals surface area contributed by atoms with Crippen LogP contribution in [-0.4, -0.2) is 24.0 Å². The summed E-state index contributed by atoms with van der Waals surface area (Å²) in [7, 11) is 0. The van der Waals surface area contributed by atoms with Crippen LogP contribution >= 0.6 is 0 Å². The molecule has 1 amide bonds. The van der Waals surface area contributed by atoms with E-state index in [9.17, 15) is 9.59 Å². The van der Waals surface area contributed by atoms with E-state index in [1.165, 1.54) is 18.5 Å². The monoisotopic (exact) mass is 273 g/mol. The van der Waals surface area contributed by atoms with E-state index in [4.69, 9.17) is 10.5 Å². The van der Waals surface area contributed by atoms with Gasteiger partial charge in [-0.2, -0.15) is 0 Å². The van der Waals surface area contributed by atoms with E-state index in [2.05, 4.69) is 10.3 Å². The summed E-state index contributed by atoms with van der Waals surface area (Å²) < 4.78 is 5.43. The molecule has 0 atom stereocenters. The maximum Gasteiger partial charge on any atom is 0.256 e. The lowest BCUT2D eigenvalue weighted by molar-refractivity contribution is 0.0945. The number of nitrogen functional groups attached to an aromatic ring is 1. The van der Waals surface area contributed by atoms with E-state index in [1.807, 2.05) is 12.1 Å². The quantitative estimate of drug-likeness (QED) is 0.553. The van der Waals surface area contributed by atoms with Gasteiger partial charge in [-0.1, -0.05) is 12.1 Å². The van der Waals surface area contributed by atoms with Crippen molar-refractivity contribution in [1.82, 2.24) is 10.3 Å². The van der Waals surface area contributed by atoms with Gasteiger partial charge < -0.3 is 20.8 Å². The summed E-state index contributed by atoms with van der Waals surface area (Å²) in [6, 6.07) is 8.41. The van der Waals surface area contributed by atoms with Crippen molar-refractivity contribution >= 4 is 11.6 Å². The Morgan fingerprint density at radius 1 is 1.30 bits per heavy atom. The molecule has 104 valence electrons. The number of nitrogens with one attached hydrogen (secondary N) is 2. The largest absolute Gasteiger partial charge is 0.490 e. The zero-order valence-corrected chi connectivity index (χ0v) is 10.8. The topological polar surface area (TPSA) is 97.2 Å². The van der Waals surface area contributed by atoms with E-state index < -0.39 is 5.91 Å². The van der Waals surface area contributed by atoms with Crippen LogP contribution < -0.4 is 21.2 Å². The van der Waals surface area contributed by atoms with Crippen molar-refractivity contribution in [2.45, 2.75) is 0 Å². The molecule has 2 aromatic rings. The standard InChI is InChI=1S/C14H15N3O3/c15-11-3-1-2-4-13(11)20-8-7-17-14(19)10-9-16-6-5-12(10)18/h1-6,9H,7-8,15H2,(H,16,18)(H,17,19). The van der Waals surface area contributed by atoms with Gasteiger partial charge in [-0.05, 0) is 12.1 Å².